The first-order valence-corrected chi connectivity index (χ1v) is 8.71. The van der Waals surface area contributed by atoms with E-state index in [2.05, 4.69) is 41.7 Å². The molecule has 0 bridgehead atoms. The van der Waals surface area contributed by atoms with Crippen LogP contribution in [0.3, 0.4) is 0 Å². The first-order valence-electron chi connectivity index (χ1n) is 8.71. The fraction of sp³-hybridized carbons (Fsp3) is 0.381. The van der Waals surface area contributed by atoms with E-state index in [1.807, 2.05) is 19.1 Å². The topological polar surface area (TPSA) is 38.3 Å². The smallest absolute Gasteiger partial charge is 0.219 e. The van der Waals surface area contributed by atoms with Crippen LogP contribution in [0.4, 0.5) is 0 Å². The minimum absolute atomic E-state index is 0.129. The quantitative estimate of drug-likeness (QED) is 0.907. The van der Waals surface area contributed by atoms with Crippen LogP contribution in [0.1, 0.15) is 42.4 Å². The fourth-order valence-electron chi connectivity index (χ4n) is 3.60. The van der Waals surface area contributed by atoms with Crippen molar-refractivity contribution in [2.45, 2.75) is 44.6 Å². The Balaban J connectivity index is 1.94. The van der Waals surface area contributed by atoms with E-state index in [4.69, 9.17) is 4.74 Å². The van der Waals surface area contributed by atoms with Crippen LogP contribution >= 0.6 is 0 Å². The normalized spacial score (nSPS) is 19.4. The highest BCUT2D eigenvalue weighted by molar-refractivity contribution is 5.76. The first kappa shape index (κ1) is 16.6. The molecule has 0 aromatic heterocycles. The van der Waals surface area contributed by atoms with Gasteiger partial charge >= 0.3 is 0 Å². The molecule has 0 saturated heterocycles. The molecular formula is C21H25NO2. The summed E-state index contributed by atoms with van der Waals surface area (Å²) in [5, 5.41) is 3.24. The van der Waals surface area contributed by atoms with Gasteiger partial charge in [0.15, 0.2) is 0 Å². The number of rotatable bonds is 5. The molecule has 2 aromatic carbocycles. The summed E-state index contributed by atoms with van der Waals surface area (Å²) in [4.78, 5) is 12.0. The Morgan fingerprint density at radius 1 is 1.21 bits per heavy atom. The second kappa shape index (κ2) is 7.52. The van der Waals surface area contributed by atoms with Gasteiger partial charge in [-0.1, -0.05) is 43.3 Å². The van der Waals surface area contributed by atoms with Gasteiger partial charge in [0.2, 0.25) is 5.91 Å². The molecule has 1 amide bonds. The number of methoxy groups -OCH3 is 1. The molecule has 126 valence electrons. The highest BCUT2D eigenvalue weighted by Gasteiger charge is 2.30. The van der Waals surface area contributed by atoms with E-state index in [0.29, 0.717) is 6.42 Å². The average Bonchev–Trinajstić information content (AvgIpc) is 2.63. The minimum atomic E-state index is 0.129. The molecule has 2 aromatic rings. The molecule has 0 heterocycles. The summed E-state index contributed by atoms with van der Waals surface area (Å²) in [5.41, 5.74) is 3.98. The van der Waals surface area contributed by atoms with Crippen molar-refractivity contribution < 1.29 is 9.53 Å². The molecule has 1 N–H and O–H groups in total. The van der Waals surface area contributed by atoms with Gasteiger partial charge in [0.05, 0.1) is 7.11 Å². The molecule has 3 rings (SSSR count). The van der Waals surface area contributed by atoms with Crippen molar-refractivity contribution in [2.24, 2.45) is 0 Å². The van der Waals surface area contributed by atoms with Gasteiger partial charge in [0.1, 0.15) is 5.75 Å². The number of carbonyl (C=O) groups is 1. The molecule has 0 saturated carbocycles. The number of nitrogens with one attached hydrogen (secondary N) is 1. The third kappa shape index (κ3) is 3.61. The summed E-state index contributed by atoms with van der Waals surface area (Å²) in [7, 11) is 1.70. The molecule has 3 nitrogen and oxygen atoms in total. The standard InChI is InChI=1S/C21H25NO2/c1-3-21(23)22-20-12-10-16-9-11-17(24-2)14-18(16)19(20)13-15-7-5-4-6-8-15/h4-9,11,14,19-20H,3,10,12-13H2,1-2H3,(H,22,23)/t19-,20+/m1/s1. The Morgan fingerprint density at radius 3 is 2.71 bits per heavy atom. The van der Waals surface area contributed by atoms with Crippen LogP contribution in [-0.2, 0) is 17.6 Å². The number of benzene rings is 2. The van der Waals surface area contributed by atoms with Gasteiger partial charge in [-0.3, -0.25) is 4.79 Å². The molecule has 3 heteroatoms. The van der Waals surface area contributed by atoms with Crippen molar-refractivity contribution in [1.82, 2.24) is 5.32 Å². The summed E-state index contributed by atoms with van der Waals surface area (Å²) in [5.74, 6) is 1.29. The number of hydrogen-bond acceptors (Lipinski definition) is 2. The monoisotopic (exact) mass is 323 g/mol. The van der Waals surface area contributed by atoms with Crippen molar-refractivity contribution in [3.05, 3.63) is 65.2 Å². The molecule has 0 spiro atoms. The lowest BCUT2D eigenvalue weighted by molar-refractivity contribution is -0.121. The van der Waals surface area contributed by atoms with Crippen LogP contribution in [0, 0.1) is 0 Å². The maximum absolute atomic E-state index is 12.0. The molecular weight excluding hydrogens is 298 g/mol. The first-order chi connectivity index (χ1) is 11.7. The number of fused-ring (bicyclic) bond motifs is 1. The van der Waals surface area contributed by atoms with E-state index in [9.17, 15) is 4.79 Å². The molecule has 1 aliphatic rings. The van der Waals surface area contributed by atoms with Crippen LogP contribution in [-0.4, -0.2) is 19.1 Å². The zero-order valence-electron chi connectivity index (χ0n) is 14.4. The van der Waals surface area contributed by atoms with Crippen molar-refractivity contribution in [3.8, 4) is 5.75 Å². The second-order valence-corrected chi connectivity index (χ2v) is 6.43. The highest BCUT2D eigenvalue weighted by Crippen LogP contribution is 2.36. The van der Waals surface area contributed by atoms with Crippen LogP contribution in [0.2, 0.25) is 0 Å². The maximum atomic E-state index is 12.0. The average molecular weight is 323 g/mol. The highest BCUT2D eigenvalue weighted by atomic mass is 16.5. The maximum Gasteiger partial charge on any atom is 0.219 e. The summed E-state index contributed by atoms with van der Waals surface area (Å²) in [6.45, 7) is 1.90. The van der Waals surface area contributed by atoms with Gasteiger partial charge in [0.25, 0.3) is 0 Å². The van der Waals surface area contributed by atoms with Crippen LogP contribution < -0.4 is 10.1 Å². The van der Waals surface area contributed by atoms with E-state index in [1.54, 1.807) is 7.11 Å². The fourth-order valence-corrected chi connectivity index (χ4v) is 3.60. The number of carbonyl (C=O) groups excluding carboxylic acids is 1. The molecule has 0 unspecified atom stereocenters. The van der Waals surface area contributed by atoms with Crippen LogP contribution in [0.25, 0.3) is 0 Å². The third-order valence-electron chi connectivity index (χ3n) is 4.93. The summed E-state index contributed by atoms with van der Waals surface area (Å²) in [6.07, 6.45) is 3.44. The van der Waals surface area contributed by atoms with Crippen LogP contribution in [0.15, 0.2) is 48.5 Å². The Kier molecular flexibility index (Phi) is 5.19. The SMILES string of the molecule is CCC(=O)N[C@H]1CCc2ccc(OC)cc2[C@H]1Cc1ccccc1. The number of hydrogen-bond donors (Lipinski definition) is 1. The molecule has 24 heavy (non-hydrogen) atoms. The van der Waals surface area contributed by atoms with Gasteiger partial charge in [-0.15, -0.1) is 0 Å². The Hall–Kier alpha value is -2.29. The zero-order valence-corrected chi connectivity index (χ0v) is 14.4. The zero-order chi connectivity index (χ0) is 16.9. The van der Waals surface area contributed by atoms with E-state index >= 15 is 0 Å². The summed E-state index contributed by atoms with van der Waals surface area (Å²) in [6, 6.07) is 17.0. The second-order valence-electron chi connectivity index (χ2n) is 6.43. The van der Waals surface area contributed by atoms with Gasteiger partial charge in [-0.05, 0) is 48.1 Å². The summed E-state index contributed by atoms with van der Waals surface area (Å²) >= 11 is 0. The van der Waals surface area contributed by atoms with Gasteiger partial charge < -0.3 is 10.1 Å². The Bertz CT molecular complexity index is 696. The summed E-state index contributed by atoms with van der Waals surface area (Å²) < 4.78 is 5.43. The largest absolute Gasteiger partial charge is 0.497 e. The predicted octanol–water partition coefficient (Wildman–Crippen LogP) is 3.86. The molecule has 2 atom stereocenters. The van der Waals surface area contributed by atoms with Gasteiger partial charge in [-0.2, -0.15) is 0 Å². The lowest BCUT2D eigenvalue weighted by atomic mass is 9.76. The Labute approximate surface area is 144 Å². The lowest BCUT2D eigenvalue weighted by Crippen LogP contribution is -2.42. The molecule has 0 radical (unpaired) electrons. The number of amides is 1. The van der Waals surface area contributed by atoms with Crippen molar-refractivity contribution >= 4 is 5.91 Å². The Morgan fingerprint density at radius 2 is 2.00 bits per heavy atom. The van der Waals surface area contributed by atoms with Crippen LogP contribution in [0.5, 0.6) is 5.75 Å². The van der Waals surface area contributed by atoms with Crippen molar-refractivity contribution in [1.29, 1.82) is 0 Å². The number of ether oxygens (including phenoxy) is 1. The van der Waals surface area contributed by atoms with Gasteiger partial charge in [0, 0.05) is 18.4 Å². The lowest BCUT2D eigenvalue weighted by Gasteiger charge is -2.34. The predicted molar refractivity (Wildman–Crippen MR) is 96.4 cm³/mol. The molecule has 1 aliphatic carbocycles. The molecule has 0 fully saturated rings. The minimum Gasteiger partial charge on any atom is -0.497 e. The third-order valence-corrected chi connectivity index (χ3v) is 4.93. The molecule has 0 aliphatic heterocycles. The van der Waals surface area contributed by atoms with E-state index in [0.717, 1.165) is 25.0 Å². The van der Waals surface area contributed by atoms with E-state index in [1.165, 1.54) is 16.7 Å². The van der Waals surface area contributed by atoms with E-state index in [-0.39, 0.29) is 17.9 Å². The van der Waals surface area contributed by atoms with Crippen molar-refractivity contribution in [2.75, 3.05) is 7.11 Å². The van der Waals surface area contributed by atoms with E-state index < -0.39 is 0 Å². The van der Waals surface area contributed by atoms with Crippen molar-refractivity contribution in [3.63, 3.8) is 0 Å². The number of aryl methyl sites for hydroxylation is 1. The van der Waals surface area contributed by atoms with Gasteiger partial charge in [-0.25, -0.2) is 0 Å².